The Morgan fingerprint density at radius 1 is 1.33 bits per heavy atom. The maximum absolute atomic E-state index is 12.7. The maximum atomic E-state index is 12.7. The summed E-state index contributed by atoms with van der Waals surface area (Å²) in [7, 11) is 0. The fourth-order valence-corrected chi connectivity index (χ4v) is 1.38. The molecule has 1 rings (SSSR count). The van der Waals surface area contributed by atoms with E-state index in [0.717, 1.165) is 0 Å². The van der Waals surface area contributed by atoms with Crippen LogP contribution in [-0.4, -0.2) is 29.5 Å². The molecule has 1 amide bonds. The largest absolute Gasteiger partial charge is 0.387 e. The standard InChI is InChI=1S/C7H11F2NO2/c8-4-1-3(7(10)12)2-5(9)6(4)11/h3-6,11H,1-2H2,(H2,10,12). The van der Waals surface area contributed by atoms with Crippen LogP contribution < -0.4 is 5.73 Å². The summed E-state index contributed by atoms with van der Waals surface area (Å²) in [4.78, 5) is 10.6. The van der Waals surface area contributed by atoms with Crippen molar-refractivity contribution in [3.63, 3.8) is 0 Å². The van der Waals surface area contributed by atoms with Gasteiger partial charge < -0.3 is 10.8 Å². The average molecular weight is 179 g/mol. The van der Waals surface area contributed by atoms with Crippen molar-refractivity contribution in [2.24, 2.45) is 11.7 Å². The fourth-order valence-electron chi connectivity index (χ4n) is 1.38. The zero-order valence-electron chi connectivity index (χ0n) is 6.41. The third kappa shape index (κ3) is 1.72. The summed E-state index contributed by atoms with van der Waals surface area (Å²) in [5, 5.41) is 8.84. The van der Waals surface area contributed by atoms with E-state index < -0.39 is 30.3 Å². The lowest BCUT2D eigenvalue weighted by Gasteiger charge is -2.29. The SMILES string of the molecule is NC(=O)C1CC(F)C(O)C(F)C1. The molecule has 12 heavy (non-hydrogen) atoms. The highest BCUT2D eigenvalue weighted by molar-refractivity contribution is 5.76. The van der Waals surface area contributed by atoms with E-state index in [1.54, 1.807) is 0 Å². The number of rotatable bonds is 1. The number of aliphatic hydroxyl groups excluding tert-OH is 1. The fraction of sp³-hybridized carbons (Fsp3) is 0.857. The van der Waals surface area contributed by atoms with E-state index in [0.29, 0.717) is 0 Å². The Labute approximate surface area is 68.5 Å². The molecule has 0 spiro atoms. The molecular weight excluding hydrogens is 168 g/mol. The second-order valence-electron chi connectivity index (χ2n) is 3.09. The summed E-state index contributed by atoms with van der Waals surface area (Å²) in [6, 6.07) is 0. The van der Waals surface area contributed by atoms with Crippen LogP contribution >= 0.6 is 0 Å². The molecule has 0 bridgehead atoms. The topological polar surface area (TPSA) is 63.3 Å². The summed E-state index contributed by atoms with van der Waals surface area (Å²) >= 11 is 0. The minimum absolute atomic E-state index is 0.170. The number of alkyl halides is 2. The molecule has 2 atom stereocenters. The lowest BCUT2D eigenvalue weighted by Crippen LogP contribution is -2.43. The van der Waals surface area contributed by atoms with Crippen LogP contribution in [0.5, 0.6) is 0 Å². The highest BCUT2D eigenvalue weighted by atomic mass is 19.1. The first-order valence-corrected chi connectivity index (χ1v) is 3.78. The molecule has 0 aromatic heterocycles. The number of hydrogen-bond donors (Lipinski definition) is 2. The second-order valence-corrected chi connectivity index (χ2v) is 3.09. The van der Waals surface area contributed by atoms with Crippen molar-refractivity contribution in [2.75, 3.05) is 0 Å². The van der Waals surface area contributed by atoms with Gasteiger partial charge in [-0.25, -0.2) is 8.78 Å². The van der Waals surface area contributed by atoms with Gasteiger partial charge >= 0.3 is 0 Å². The summed E-state index contributed by atoms with van der Waals surface area (Å²) in [6.45, 7) is 0. The van der Waals surface area contributed by atoms with Crippen molar-refractivity contribution in [1.82, 2.24) is 0 Å². The van der Waals surface area contributed by atoms with Crippen molar-refractivity contribution in [1.29, 1.82) is 0 Å². The van der Waals surface area contributed by atoms with E-state index in [4.69, 9.17) is 10.8 Å². The van der Waals surface area contributed by atoms with Crippen molar-refractivity contribution in [2.45, 2.75) is 31.3 Å². The van der Waals surface area contributed by atoms with Gasteiger partial charge in [-0.2, -0.15) is 0 Å². The summed E-state index contributed by atoms with van der Waals surface area (Å²) in [6.07, 6.45) is -5.29. The van der Waals surface area contributed by atoms with Crippen LogP contribution in [0.3, 0.4) is 0 Å². The summed E-state index contributed by atoms with van der Waals surface area (Å²) in [5.41, 5.74) is 4.88. The van der Waals surface area contributed by atoms with Crippen LogP contribution in [0, 0.1) is 5.92 Å². The maximum Gasteiger partial charge on any atom is 0.220 e. The molecule has 3 nitrogen and oxygen atoms in total. The number of amides is 1. The Balaban J connectivity index is 2.59. The molecule has 5 heteroatoms. The highest BCUT2D eigenvalue weighted by Gasteiger charge is 2.39. The van der Waals surface area contributed by atoms with E-state index in [2.05, 4.69) is 0 Å². The molecule has 0 aromatic rings. The van der Waals surface area contributed by atoms with Crippen molar-refractivity contribution in [3.05, 3.63) is 0 Å². The molecule has 0 aromatic carbocycles. The monoisotopic (exact) mass is 179 g/mol. The van der Waals surface area contributed by atoms with Crippen molar-refractivity contribution in [3.8, 4) is 0 Å². The normalized spacial score (nSPS) is 42.6. The highest BCUT2D eigenvalue weighted by Crippen LogP contribution is 2.28. The lowest BCUT2D eigenvalue weighted by atomic mass is 9.84. The first-order valence-electron chi connectivity index (χ1n) is 3.78. The van der Waals surface area contributed by atoms with Crippen molar-refractivity contribution < 1.29 is 18.7 Å². The molecule has 0 heterocycles. The van der Waals surface area contributed by atoms with Crippen LogP contribution in [0.1, 0.15) is 12.8 Å². The van der Waals surface area contributed by atoms with Crippen LogP contribution in [0.15, 0.2) is 0 Å². The smallest absolute Gasteiger partial charge is 0.220 e. The number of hydrogen-bond acceptors (Lipinski definition) is 2. The summed E-state index contributed by atoms with van der Waals surface area (Å²) in [5.74, 6) is -1.48. The molecule has 0 radical (unpaired) electrons. The van der Waals surface area contributed by atoms with Gasteiger partial charge in [-0.1, -0.05) is 0 Å². The van der Waals surface area contributed by atoms with E-state index in [1.807, 2.05) is 0 Å². The molecule has 1 saturated carbocycles. The molecule has 0 saturated heterocycles. The van der Waals surface area contributed by atoms with Gasteiger partial charge in [0.15, 0.2) is 0 Å². The minimum atomic E-state index is -1.67. The van der Waals surface area contributed by atoms with Gasteiger partial charge in [0.1, 0.15) is 18.4 Å². The Hall–Kier alpha value is -0.710. The van der Waals surface area contributed by atoms with Crippen LogP contribution in [0.2, 0.25) is 0 Å². The number of nitrogens with two attached hydrogens (primary N) is 1. The average Bonchev–Trinajstić information content (AvgIpc) is 1.99. The Morgan fingerprint density at radius 2 is 1.75 bits per heavy atom. The minimum Gasteiger partial charge on any atom is -0.387 e. The molecule has 0 aliphatic heterocycles. The first kappa shape index (κ1) is 9.38. The van der Waals surface area contributed by atoms with Crippen LogP contribution in [-0.2, 0) is 4.79 Å². The van der Waals surface area contributed by atoms with E-state index in [9.17, 15) is 13.6 Å². The van der Waals surface area contributed by atoms with Crippen LogP contribution in [0.4, 0.5) is 8.78 Å². The molecule has 3 N–H and O–H groups in total. The first-order chi connectivity index (χ1) is 5.52. The number of halogens is 2. The van der Waals surface area contributed by atoms with E-state index >= 15 is 0 Å². The predicted molar refractivity (Wildman–Crippen MR) is 37.7 cm³/mol. The number of aliphatic hydroxyl groups is 1. The summed E-state index contributed by atoms with van der Waals surface area (Å²) < 4.78 is 25.5. The van der Waals surface area contributed by atoms with Gasteiger partial charge in [-0.05, 0) is 12.8 Å². The molecule has 1 fully saturated rings. The Kier molecular flexibility index (Phi) is 2.62. The Morgan fingerprint density at radius 3 is 2.08 bits per heavy atom. The predicted octanol–water partition coefficient (Wildman–Crippen LogP) is -0.0812. The van der Waals surface area contributed by atoms with Crippen LogP contribution in [0.25, 0.3) is 0 Å². The molecule has 1 aliphatic carbocycles. The van der Waals surface area contributed by atoms with E-state index in [1.165, 1.54) is 0 Å². The van der Waals surface area contributed by atoms with Crippen molar-refractivity contribution >= 4 is 5.91 Å². The number of carbonyl (C=O) groups is 1. The quantitative estimate of drug-likeness (QED) is 0.591. The van der Waals surface area contributed by atoms with Gasteiger partial charge in [-0.15, -0.1) is 0 Å². The molecule has 1 aliphatic rings. The van der Waals surface area contributed by atoms with Gasteiger partial charge in [0.05, 0.1) is 0 Å². The molecular formula is C7H11F2NO2. The number of carbonyl (C=O) groups excluding carboxylic acids is 1. The van der Waals surface area contributed by atoms with Gasteiger partial charge in [0.2, 0.25) is 5.91 Å². The molecule has 2 unspecified atom stereocenters. The zero-order valence-corrected chi connectivity index (χ0v) is 6.41. The zero-order chi connectivity index (χ0) is 9.30. The van der Waals surface area contributed by atoms with Gasteiger partial charge in [-0.3, -0.25) is 4.79 Å². The van der Waals surface area contributed by atoms with E-state index in [-0.39, 0.29) is 12.8 Å². The third-order valence-corrected chi connectivity index (χ3v) is 2.16. The number of primary amides is 1. The Bertz CT molecular complexity index is 176. The van der Waals surface area contributed by atoms with Gasteiger partial charge in [0.25, 0.3) is 0 Å². The van der Waals surface area contributed by atoms with Gasteiger partial charge in [0, 0.05) is 5.92 Å². The molecule has 70 valence electrons. The lowest BCUT2D eigenvalue weighted by molar-refractivity contribution is -0.127. The second kappa shape index (κ2) is 3.35. The third-order valence-electron chi connectivity index (χ3n) is 2.16.